The first-order valence-electron chi connectivity index (χ1n) is 8.94. The number of rotatable bonds is 3. The molecule has 1 amide bonds. The number of hydrogen-bond acceptors (Lipinski definition) is 3. The van der Waals surface area contributed by atoms with Crippen molar-refractivity contribution in [3.63, 3.8) is 0 Å². The summed E-state index contributed by atoms with van der Waals surface area (Å²) >= 11 is 0. The van der Waals surface area contributed by atoms with Crippen LogP contribution in [0.5, 0.6) is 0 Å². The van der Waals surface area contributed by atoms with Crippen molar-refractivity contribution in [2.24, 2.45) is 5.41 Å². The largest absolute Gasteiger partial charge is 0.341 e. The molecule has 0 radical (unpaired) electrons. The van der Waals surface area contributed by atoms with Crippen LogP contribution in [-0.4, -0.2) is 34.1 Å². The van der Waals surface area contributed by atoms with Crippen LogP contribution in [0.1, 0.15) is 42.9 Å². The summed E-state index contributed by atoms with van der Waals surface area (Å²) in [7, 11) is 0. The van der Waals surface area contributed by atoms with E-state index in [-0.39, 0.29) is 11.8 Å². The Labute approximate surface area is 147 Å². The Morgan fingerprint density at radius 1 is 1.36 bits per heavy atom. The fraction of sp³-hybridized carbons (Fsp3) is 0.450. The van der Waals surface area contributed by atoms with Gasteiger partial charge in [0.1, 0.15) is 5.41 Å². The first-order valence-corrected chi connectivity index (χ1v) is 8.94. The standard InChI is InChI=1S/C20H22N4O/c1-14-4-6-15(7-5-14)17-11-22-23-18(17)16-3-2-10-24(12-16)19(25)20(13-21)8-9-20/h4-7,11,16H,2-3,8-10,12H2,1H3,(H,22,23). The first-order chi connectivity index (χ1) is 12.1. The summed E-state index contributed by atoms with van der Waals surface area (Å²) in [6, 6.07) is 10.7. The molecule has 2 fully saturated rings. The second-order valence-electron chi connectivity index (χ2n) is 7.35. The number of nitrogens with zero attached hydrogens (tertiary/aromatic N) is 3. The number of benzene rings is 1. The fourth-order valence-corrected chi connectivity index (χ4v) is 3.77. The van der Waals surface area contributed by atoms with E-state index in [1.165, 1.54) is 5.56 Å². The molecular formula is C20H22N4O. The maximum Gasteiger partial charge on any atom is 0.243 e. The van der Waals surface area contributed by atoms with E-state index in [4.69, 9.17) is 0 Å². The summed E-state index contributed by atoms with van der Waals surface area (Å²) < 4.78 is 0. The highest BCUT2D eigenvalue weighted by atomic mass is 16.2. The van der Waals surface area contributed by atoms with Gasteiger partial charge in [0.2, 0.25) is 5.91 Å². The highest BCUT2D eigenvalue weighted by molar-refractivity contribution is 5.88. The molecule has 128 valence electrons. The van der Waals surface area contributed by atoms with Gasteiger partial charge in [-0.3, -0.25) is 9.89 Å². The molecule has 1 aliphatic carbocycles. The molecule has 1 unspecified atom stereocenters. The first kappa shape index (κ1) is 15.9. The third-order valence-corrected chi connectivity index (χ3v) is 5.52. The third-order valence-electron chi connectivity index (χ3n) is 5.52. The number of hydrogen-bond donors (Lipinski definition) is 1. The van der Waals surface area contributed by atoms with Crippen LogP contribution in [0, 0.1) is 23.7 Å². The Hall–Kier alpha value is -2.61. The lowest BCUT2D eigenvalue weighted by atomic mass is 9.89. The predicted molar refractivity (Wildman–Crippen MR) is 94.6 cm³/mol. The minimum Gasteiger partial charge on any atom is -0.341 e. The van der Waals surface area contributed by atoms with Crippen LogP contribution in [0.15, 0.2) is 30.5 Å². The van der Waals surface area contributed by atoms with Gasteiger partial charge in [0, 0.05) is 30.3 Å². The Morgan fingerprint density at radius 3 is 2.80 bits per heavy atom. The maximum atomic E-state index is 12.7. The zero-order valence-electron chi connectivity index (χ0n) is 14.5. The SMILES string of the molecule is Cc1ccc(-c2cn[nH]c2C2CCCN(C(=O)C3(C#N)CC3)C2)cc1. The summed E-state index contributed by atoms with van der Waals surface area (Å²) in [5.41, 5.74) is 3.86. The molecule has 2 heterocycles. The molecule has 0 bridgehead atoms. The van der Waals surface area contributed by atoms with Crippen molar-refractivity contribution in [3.8, 4) is 17.2 Å². The van der Waals surface area contributed by atoms with Crippen LogP contribution in [0.3, 0.4) is 0 Å². The number of aromatic nitrogens is 2. The number of carbonyl (C=O) groups is 1. The zero-order chi connectivity index (χ0) is 17.4. The van der Waals surface area contributed by atoms with Crippen LogP contribution in [0.25, 0.3) is 11.1 Å². The van der Waals surface area contributed by atoms with Crippen LogP contribution in [0.4, 0.5) is 0 Å². The van der Waals surface area contributed by atoms with E-state index < -0.39 is 5.41 Å². The summed E-state index contributed by atoms with van der Waals surface area (Å²) in [5.74, 6) is 0.266. The Balaban J connectivity index is 1.57. The average molecular weight is 334 g/mol. The summed E-state index contributed by atoms with van der Waals surface area (Å²) in [5, 5.41) is 16.7. The van der Waals surface area contributed by atoms with Crippen molar-refractivity contribution in [2.45, 2.75) is 38.5 Å². The highest BCUT2D eigenvalue weighted by Gasteiger charge is 2.53. The number of nitriles is 1. The molecule has 1 saturated heterocycles. The summed E-state index contributed by atoms with van der Waals surface area (Å²) in [6.45, 7) is 3.50. The summed E-state index contributed by atoms with van der Waals surface area (Å²) in [4.78, 5) is 14.6. The van der Waals surface area contributed by atoms with E-state index >= 15 is 0 Å². The predicted octanol–water partition coefficient (Wildman–Crippen LogP) is 3.39. The topological polar surface area (TPSA) is 72.8 Å². The van der Waals surface area contributed by atoms with Gasteiger partial charge in [-0.2, -0.15) is 10.4 Å². The molecule has 1 atom stereocenters. The molecule has 2 aromatic rings. The number of piperidine rings is 1. The monoisotopic (exact) mass is 334 g/mol. The number of aryl methyl sites for hydroxylation is 1. The average Bonchev–Trinajstić information content (AvgIpc) is 3.30. The number of nitrogens with one attached hydrogen (secondary N) is 1. The smallest absolute Gasteiger partial charge is 0.243 e. The van der Waals surface area contributed by atoms with E-state index in [0.717, 1.165) is 36.2 Å². The van der Waals surface area contributed by atoms with Crippen molar-refractivity contribution >= 4 is 5.91 Å². The quantitative estimate of drug-likeness (QED) is 0.935. The molecule has 1 N–H and O–H groups in total. The number of amides is 1. The van der Waals surface area contributed by atoms with Crippen LogP contribution in [0.2, 0.25) is 0 Å². The van der Waals surface area contributed by atoms with Gasteiger partial charge in [0.15, 0.2) is 0 Å². The van der Waals surface area contributed by atoms with Crippen LogP contribution >= 0.6 is 0 Å². The Kier molecular flexibility index (Phi) is 3.84. The van der Waals surface area contributed by atoms with E-state index in [1.807, 2.05) is 11.1 Å². The highest BCUT2D eigenvalue weighted by Crippen LogP contribution is 2.47. The Bertz CT molecular complexity index is 826. The maximum absolute atomic E-state index is 12.7. The molecule has 1 saturated carbocycles. The number of carbonyl (C=O) groups excluding carboxylic acids is 1. The molecule has 2 aliphatic rings. The number of likely N-dealkylation sites (tertiary alicyclic amines) is 1. The Morgan fingerprint density at radius 2 is 2.12 bits per heavy atom. The van der Waals surface area contributed by atoms with Gasteiger partial charge in [0.25, 0.3) is 0 Å². The molecule has 1 aromatic carbocycles. The van der Waals surface area contributed by atoms with Crippen molar-refractivity contribution < 1.29 is 4.79 Å². The van der Waals surface area contributed by atoms with Gasteiger partial charge in [-0.1, -0.05) is 29.8 Å². The summed E-state index contributed by atoms with van der Waals surface area (Å²) in [6.07, 6.45) is 5.29. The lowest BCUT2D eigenvalue weighted by molar-refractivity contribution is -0.136. The van der Waals surface area contributed by atoms with Gasteiger partial charge in [0.05, 0.1) is 12.3 Å². The number of H-pyrrole nitrogens is 1. The minimum absolute atomic E-state index is 0.0242. The molecule has 0 spiro atoms. The van der Waals surface area contributed by atoms with E-state index in [9.17, 15) is 10.1 Å². The molecule has 1 aliphatic heterocycles. The molecular weight excluding hydrogens is 312 g/mol. The van der Waals surface area contributed by atoms with Gasteiger partial charge in [-0.25, -0.2) is 0 Å². The van der Waals surface area contributed by atoms with Gasteiger partial charge >= 0.3 is 0 Å². The van der Waals surface area contributed by atoms with E-state index in [2.05, 4.69) is 47.5 Å². The van der Waals surface area contributed by atoms with E-state index in [1.54, 1.807) is 0 Å². The van der Waals surface area contributed by atoms with Crippen molar-refractivity contribution in [1.82, 2.24) is 15.1 Å². The zero-order valence-corrected chi connectivity index (χ0v) is 14.5. The van der Waals surface area contributed by atoms with Gasteiger partial charge < -0.3 is 4.90 Å². The molecule has 1 aromatic heterocycles. The van der Waals surface area contributed by atoms with Gasteiger partial charge in [-0.15, -0.1) is 0 Å². The lowest BCUT2D eigenvalue weighted by Crippen LogP contribution is -2.43. The normalized spacial score (nSPS) is 21.6. The van der Waals surface area contributed by atoms with Crippen molar-refractivity contribution in [1.29, 1.82) is 5.26 Å². The molecule has 5 heteroatoms. The fourth-order valence-electron chi connectivity index (χ4n) is 3.77. The van der Waals surface area contributed by atoms with Crippen molar-refractivity contribution in [2.75, 3.05) is 13.1 Å². The second-order valence-corrected chi connectivity index (χ2v) is 7.35. The van der Waals surface area contributed by atoms with Crippen molar-refractivity contribution in [3.05, 3.63) is 41.7 Å². The lowest BCUT2D eigenvalue weighted by Gasteiger charge is -2.34. The van der Waals surface area contributed by atoms with E-state index in [0.29, 0.717) is 19.4 Å². The van der Waals surface area contributed by atoms with Crippen LogP contribution < -0.4 is 0 Å². The molecule has 5 nitrogen and oxygen atoms in total. The number of aromatic amines is 1. The van der Waals surface area contributed by atoms with Crippen LogP contribution in [-0.2, 0) is 4.79 Å². The third kappa shape index (κ3) is 2.82. The minimum atomic E-state index is -0.727. The second kappa shape index (κ2) is 6.03. The molecule has 4 rings (SSSR count). The molecule has 25 heavy (non-hydrogen) atoms. The van der Waals surface area contributed by atoms with Gasteiger partial charge in [-0.05, 0) is 38.2 Å².